The molecule has 0 bridgehead atoms. The van der Waals surface area contributed by atoms with Crippen molar-refractivity contribution >= 4 is 28.9 Å². The smallest absolute Gasteiger partial charge is 0.141 e. The average Bonchev–Trinajstić information content (AvgIpc) is 2.74. The Kier molecular flexibility index (Phi) is 6.19. The molecule has 0 atom stereocenters. The zero-order chi connectivity index (χ0) is 20.1. The van der Waals surface area contributed by atoms with Crippen molar-refractivity contribution in [2.75, 3.05) is 0 Å². The molecule has 29 heavy (non-hydrogen) atoms. The molecule has 0 amide bonds. The molecular weight excluding hydrogens is 475 g/mol. The van der Waals surface area contributed by atoms with Crippen molar-refractivity contribution in [3.05, 3.63) is 93.1 Å². The fraction of sp³-hybridized carbons (Fsp3) is 0.240. The van der Waals surface area contributed by atoms with Crippen LogP contribution in [0.2, 0.25) is 0 Å². The van der Waals surface area contributed by atoms with Crippen LogP contribution in [0.3, 0.4) is 0 Å². The molecule has 4 heteroatoms. The van der Waals surface area contributed by atoms with Gasteiger partial charge in [-0.2, -0.15) is 0 Å². The van der Waals surface area contributed by atoms with Crippen molar-refractivity contribution in [1.82, 2.24) is 0 Å². The minimum atomic E-state index is -0.427. The molecule has 1 saturated carbocycles. The van der Waals surface area contributed by atoms with Gasteiger partial charge in [0.2, 0.25) is 0 Å². The molecule has 0 unspecified atom stereocenters. The first-order valence-electron chi connectivity index (χ1n) is 9.85. The van der Waals surface area contributed by atoms with E-state index >= 15 is 0 Å². The highest BCUT2D eigenvalue weighted by Crippen LogP contribution is 2.48. The lowest BCUT2D eigenvalue weighted by Gasteiger charge is -2.38. The third-order valence-electron chi connectivity index (χ3n) is 5.53. The number of aldehydes is 1. The van der Waals surface area contributed by atoms with Crippen molar-refractivity contribution in [2.24, 2.45) is 0 Å². The van der Waals surface area contributed by atoms with Gasteiger partial charge < -0.3 is 14.3 Å². The third-order valence-corrected chi connectivity index (χ3v) is 6.55. The van der Waals surface area contributed by atoms with Crippen molar-refractivity contribution in [1.29, 1.82) is 0 Å². The summed E-state index contributed by atoms with van der Waals surface area (Å²) in [6.45, 7) is 0.952. The Morgan fingerprint density at radius 1 is 0.828 bits per heavy atom. The summed E-state index contributed by atoms with van der Waals surface area (Å²) >= 11 is 2.28. The monoisotopic (exact) mass is 498 g/mol. The van der Waals surface area contributed by atoms with Gasteiger partial charge in [0.25, 0.3) is 0 Å². The topological polar surface area (TPSA) is 35.5 Å². The predicted octanol–water partition coefficient (Wildman–Crippen LogP) is 6.07. The lowest BCUT2D eigenvalue weighted by molar-refractivity contribution is -0.115. The Morgan fingerprint density at radius 3 is 1.93 bits per heavy atom. The number of ether oxygens (including phenoxy) is 2. The van der Waals surface area contributed by atoms with E-state index < -0.39 is 5.41 Å². The van der Waals surface area contributed by atoms with Crippen molar-refractivity contribution in [3.63, 3.8) is 0 Å². The molecule has 148 valence electrons. The molecule has 0 spiro atoms. The molecule has 0 heterocycles. The highest BCUT2D eigenvalue weighted by Gasteiger charge is 2.41. The Labute approximate surface area is 185 Å². The zero-order valence-corrected chi connectivity index (χ0v) is 18.3. The van der Waals surface area contributed by atoms with Crippen LogP contribution >= 0.6 is 22.6 Å². The zero-order valence-electron chi connectivity index (χ0n) is 16.1. The van der Waals surface area contributed by atoms with Crippen LogP contribution in [0, 0.1) is 3.57 Å². The molecule has 0 radical (unpaired) electrons. The number of hydrogen-bond donors (Lipinski definition) is 0. The first-order valence-corrected chi connectivity index (χ1v) is 10.9. The predicted molar refractivity (Wildman–Crippen MR) is 122 cm³/mol. The molecule has 0 aliphatic heterocycles. The fourth-order valence-corrected chi connectivity index (χ4v) is 4.44. The van der Waals surface area contributed by atoms with Gasteiger partial charge >= 0.3 is 0 Å². The molecule has 3 aromatic rings. The van der Waals surface area contributed by atoms with Gasteiger partial charge in [-0.25, -0.2) is 0 Å². The number of carbonyl (C=O) groups is 1. The van der Waals surface area contributed by atoms with E-state index in [4.69, 9.17) is 9.47 Å². The van der Waals surface area contributed by atoms with Crippen molar-refractivity contribution in [3.8, 4) is 11.5 Å². The SMILES string of the molecule is O=CC1(c2ccc(OCc3ccccc3)c(I)c2OCc2ccccc2)CCC1. The largest absolute Gasteiger partial charge is 0.488 e. The molecule has 4 rings (SSSR count). The second-order valence-corrected chi connectivity index (χ2v) is 8.51. The fourth-order valence-electron chi connectivity index (χ4n) is 3.66. The summed E-state index contributed by atoms with van der Waals surface area (Å²) in [6.07, 6.45) is 3.92. The summed E-state index contributed by atoms with van der Waals surface area (Å²) in [4.78, 5) is 12.0. The first kappa shape index (κ1) is 20.0. The quantitative estimate of drug-likeness (QED) is 0.280. The summed E-state index contributed by atoms with van der Waals surface area (Å²) in [6, 6.07) is 24.2. The van der Waals surface area contributed by atoms with Crippen LogP contribution in [-0.4, -0.2) is 6.29 Å². The van der Waals surface area contributed by atoms with Gasteiger partial charge in [-0.1, -0.05) is 73.2 Å². The molecule has 3 aromatic carbocycles. The minimum absolute atomic E-state index is 0.427. The standard InChI is InChI=1S/C25H23IO3/c26-23-22(28-16-19-8-3-1-4-9-19)13-12-21(25(18-27)14-7-15-25)24(23)29-17-20-10-5-2-6-11-20/h1-6,8-13,18H,7,14-17H2. The molecule has 1 aliphatic rings. The van der Waals surface area contributed by atoms with Gasteiger partial charge in [0.05, 0.1) is 8.99 Å². The van der Waals surface area contributed by atoms with Crippen LogP contribution in [-0.2, 0) is 23.4 Å². The minimum Gasteiger partial charge on any atom is -0.488 e. The van der Waals surface area contributed by atoms with Gasteiger partial charge in [0, 0.05) is 5.56 Å². The van der Waals surface area contributed by atoms with E-state index in [-0.39, 0.29) is 0 Å². The van der Waals surface area contributed by atoms with Crippen LogP contribution in [0.15, 0.2) is 72.8 Å². The summed E-state index contributed by atoms with van der Waals surface area (Å²) in [5.74, 6) is 1.55. The van der Waals surface area contributed by atoms with E-state index in [1.54, 1.807) is 0 Å². The maximum atomic E-state index is 12.0. The van der Waals surface area contributed by atoms with Gasteiger partial charge in [-0.3, -0.25) is 0 Å². The highest BCUT2D eigenvalue weighted by atomic mass is 127. The number of hydrogen-bond acceptors (Lipinski definition) is 3. The van der Waals surface area contributed by atoms with Crippen LogP contribution < -0.4 is 9.47 Å². The lowest BCUT2D eigenvalue weighted by atomic mass is 9.65. The second kappa shape index (κ2) is 8.99. The van der Waals surface area contributed by atoms with Crippen LogP contribution in [0.1, 0.15) is 36.0 Å². The normalized spacial score (nSPS) is 14.7. The van der Waals surface area contributed by atoms with Crippen LogP contribution in [0.5, 0.6) is 11.5 Å². The summed E-state index contributed by atoms with van der Waals surface area (Å²) in [5, 5.41) is 0. The molecular formula is C25H23IO3. The number of rotatable bonds is 8. The Bertz CT molecular complexity index is 966. The molecule has 1 aliphatic carbocycles. The summed E-state index contributed by atoms with van der Waals surface area (Å²) in [7, 11) is 0. The lowest BCUT2D eigenvalue weighted by Crippen LogP contribution is -2.36. The van der Waals surface area contributed by atoms with Gasteiger partial charge in [0.1, 0.15) is 31.0 Å². The van der Waals surface area contributed by atoms with Gasteiger partial charge in [-0.15, -0.1) is 0 Å². The molecule has 0 N–H and O–H groups in total. The molecule has 0 saturated heterocycles. The number of halogens is 1. The molecule has 0 aromatic heterocycles. The Hall–Kier alpha value is -2.34. The molecule has 3 nitrogen and oxygen atoms in total. The molecule has 1 fully saturated rings. The third kappa shape index (κ3) is 4.32. The van der Waals surface area contributed by atoms with Crippen LogP contribution in [0.25, 0.3) is 0 Å². The van der Waals surface area contributed by atoms with E-state index in [1.165, 1.54) is 0 Å². The maximum absolute atomic E-state index is 12.0. The Morgan fingerprint density at radius 2 is 1.41 bits per heavy atom. The first-order chi connectivity index (χ1) is 14.2. The van der Waals surface area contributed by atoms with E-state index in [2.05, 4.69) is 22.6 Å². The van der Waals surface area contributed by atoms with Crippen molar-refractivity contribution < 1.29 is 14.3 Å². The van der Waals surface area contributed by atoms with E-state index in [0.29, 0.717) is 13.2 Å². The van der Waals surface area contributed by atoms with Crippen molar-refractivity contribution in [2.45, 2.75) is 37.9 Å². The van der Waals surface area contributed by atoms with E-state index in [1.807, 2.05) is 72.8 Å². The average molecular weight is 498 g/mol. The summed E-state index contributed by atoms with van der Waals surface area (Å²) in [5.41, 5.74) is 2.76. The number of benzene rings is 3. The number of carbonyl (C=O) groups excluding carboxylic acids is 1. The highest BCUT2D eigenvalue weighted by molar-refractivity contribution is 14.1. The van der Waals surface area contributed by atoms with E-state index in [0.717, 1.165) is 57.3 Å². The maximum Gasteiger partial charge on any atom is 0.141 e. The van der Waals surface area contributed by atoms with Gasteiger partial charge in [0.15, 0.2) is 0 Å². The van der Waals surface area contributed by atoms with E-state index in [9.17, 15) is 4.79 Å². The Balaban J connectivity index is 1.63. The van der Waals surface area contributed by atoms with Gasteiger partial charge in [-0.05, 0) is 52.6 Å². The van der Waals surface area contributed by atoms with Crippen LogP contribution in [0.4, 0.5) is 0 Å². The second-order valence-electron chi connectivity index (χ2n) is 7.43. The summed E-state index contributed by atoms with van der Waals surface area (Å²) < 4.78 is 13.3.